The molecule has 0 radical (unpaired) electrons. The van der Waals surface area contributed by atoms with E-state index in [-0.39, 0.29) is 17.3 Å². The lowest BCUT2D eigenvalue weighted by atomic mass is 9.70. The van der Waals surface area contributed by atoms with Crippen molar-refractivity contribution in [2.45, 2.75) is 23.2 Å². The number of aromatic nitrogens is 1. The first-order valence-corrected chi connectivity index (χ1v) is 13.4. The molecule has 3 aromatic rings. The fourth-order valence-electron chi connectivity index (χ4n) is 7.34. The number of pyridine rings is 1. The highest BCUT2D eigenvalue weighted by molar-refractivity contribution is 9.10. The average Bonchev–Trinajstić information content (AvgIpc) is 3.24. The van der Waals surface area contributed by atoms with E-state index in [9.17, 15) is 10.2 Å². The van der Waals surface area contributed by atoms with Crippen LogP contribution in [-0.2, 0) is 15.9 Å². The molecule has 192 valence electrons. The molecule has 2 aromatic carbocycles. The summed E-state index contributed by atoms with van der Waals surface area (Å²) in [5.41, 5.74) is -0.555. The number of likely N-dealkylation sites (tertiary alicyclic amines) is 1. The molecule has 37 heavy (non-hydrogen) atoms. The molecule has 2 saturated heterocycles. The van der Waals surface area contributed by atoms with Gasteiger partial charge in [0, 0.05) is 41.4 Å². The second-order valence-corrected chi connectivity index (χ2v) is 11.9. The quantitative estimate of drug-likeness (QED) is 0.491. The van der Waals surface area contributed by atoms with E-state index in [1.807, 2.05) is 42.5 Å². The van der Waals surface area contributed by atoms with Gasteiger partial charge in [0.05, 0.1) is 44.4 Å². The highest BCUT2D eigenvalue weighted by Gasteiger charge is 2.77. The van der Waals surface area contributed by atoms with Crippen molar-refractivity contribution in [3.63, 3.8) is 0 Å². The topological polar surface area (TPSA) is 84.3 Å². The van der Waals surface area contributed by atoms with Crippen LogP contribution in [0.1, 0.15) is 22.6 Å². The van der Waals surface area contributed by atoms with E-state index < -0.39 is 17.3 Å². The van der Waals surface area contributed by atoms with Crippen LogP contribution in [0.2, 0.25) is 0 Å². The molecular formula is C29H29BrN2O5. The van der Waals surface area contributed by atoms with Crippen LogP contribution in [0, 0.1) is 11.3 Å². The summed E-state index contributed by atoms with van der Waals surface area (Å²) in [6.07, 6.45) is 2.06. The number of hydrogen-bond donors (Lipinski definition) is 2. The lowest BCUT2D eigenvalue weighted by molar-refractivity contribution is -0.194. The molecule has 8 heteroatoms. The molecule has 0 bridgehead atoms. The number of nitrogens with zero attached hydrogens (tertiary/aromatic N) is 2. The van der Waals surface area contributed by atoms with E-state index in [0.717, 1.165) is 41.9 Å². The number of fused-ring (bicyclic) bond motifs is 3. The second-order valence-electron chi connectivity index (χ2n) is 11.0. The lowest BCUT2D eigenvalue weighted by Gasteiger charge is -2.56. The third-order valence-electron chi connectivity index (χ3n) is 8.85. The van der Waals surface area contributed by atoms with E-state index in [4.69, 9.17) is 14.2 Å². The number of benzene rings is 2. The predicted octanol–water partition coefficient (Wildman–Crippen LogP) is 3.43. The highest BCUT2D eigenvalue weighted by atomic mass is 79.9. The molecule has 4 heterocycles. The number of ether oxygens (including phenoxy) is 3. The van der Waals surface area contributed by atoms with Crippen LogP contribution in [0.5, 0.6) is 11.5 Å². The zero-order chi connectivity index (χ0) is 25.4. The third-order valence-corrected chi connectivity index (χ3v) is 9.38. The number of aliphatic hydroxyl groups excluding tert-OH is 1. The summed E-state index contributed by atoms with van der Waals surface area (Å²) in [4.78, 5) is 6.67. The summed E-state index contributed by atoms with van der Waals surface area (Å²) >= 11 is 3.55. The van der Waals surface area contributed by atoms with Crippen LogP contribution in [0.15, 0.2) is 71.5 Å². The molecule has 3 aliphatic heterocycles. The van der Waals surface area contributed by atoms with Gasteiger partial charge in [-0.2, -0.15) is 0 Å². The van der Waals surface area contributed by atoms with Gasteiger partial charge in [0.2, 0.25) is 0 Å². The van der Waals surface area contributed by atoms with Crippen molar-refractivity contribution in [1.29, 1.82) is 0 Å². The largest absolute Gasteiger partial charge is 0.495 e. The summed E-state index contributed by atoms with van der Waals surface area (Å²) in [6.45, 7) is 4.10. The smallest absolute Gasteiger partial charge is 0.177 e. The Balaban J connectivity index is 1.43. The molecule has 1 aliphatic carbocycles. The molecule has 1 spiro atoms. The van der Waals surface area contributed by atoms with Gasteiger partial charge in [-0.25, -0.2) is 0 Å². The fraction of sp³-hybridized carbons (Fsp3) is 0.414. The summed E-state index contributed by atoms with van der Waals surface area (Å²) in [6, 6.07) is 17.9. The molecule has 5 atom stereocenters. The van der Waals surface area contributed by atoms with Gasteiger partial charge in [0.1, 0.15) is 11.5 Å². The molecule has 1 aromatic heterocycles. The predicted molar refractivity (Wildman–Crippen MR) is 140 cm³/mol. The zero-order valence-corrected chi connectivity index (χ0v) is 22.1. The van der Waals surface area contributed by atoms with Gasteiger partial charge < -0.3 is 29.3 Å². The summed E-state index contributed by atoms with van der Waals surface area (Å²) in [5, 5.41) is 25.1. The van der Waals surface area contributed by atoms with Crippen molar-refractivity contribution in [1.82, 2.24) is 9.88 Å². The summed E-state index contributed by atoms with van der Waals surface area (Å²) < 4.78 is 18.9. The van der Waals surface area contributed by atoms with E-state index in [2.05, 4.69) is 37.9 Å². The van der Waals surface area contributed by atoms with Crippen LogP contribution in [-0.4, -0.2) is 66.2 Å². The Bertz CT molecular complexity index is 1330. The Hall–Kier alpha value is -2.49. The standard InChI is InChI=1S/C29H29BrN2O5/c1-35-22-11-31-12-23-25(22)28(34)26(33)21(13-32-14-27(15-32)16-36-17-27)24(18-5-3-2-4-6-18)29(28,37-23)19-7-9-20(30)10-8-19/h2-12,21,24,26,33-34H,13-17H2,1H3/t21-,24-,26-,28+,29+/m1/s1. The number of methoxy groups -OCH3 is 1. The maximum absolute atomic E-state index is 12.9. The molecule has 7 nitrogen and oxygen atoms in total. The molecule has 7 rings (SSSR count). The Labute approximate surface area is 224 Å². The first kappa shape index (κ1) is 23.6. The second kappa shape index (κ2) is 8.25. The number of aliphatic hydroxyl groups is 2. The summed E-state index contributed by atoms with van der Waals surface area (Å²) in [7, 11) is 1.55. The number of halogens is 1. The van der Waals surface area contributed by atoms with Crippen LogP contribution in [0.4, 0.5) is 0 Å². The van der Waals surface area contributed by atoms with E-state index in [0.29, 0.717) is 23.6 Å². The van der Waals surface area contributed by atoms with E-state index in [1.54, 1.807) is 19.5 Å². The summed E-state index contributed by atoms with van der Waals surface area (Å²) in [5.74, 6) is 0.180. The molecule has 0 amide bonds. The molecule has 1 saturated carbocycles. The van der Waals surface area contributed by atoms with Gasteiger partial charge in [-0.05, 0) is 23.3 Å². The molecule has 2 N–H and O–H groups in total. The third kappa shape index (κ3) is 3.11. The monoisotopic (exact) mass is 564 g/mol. The van der Waals surface area contributed by atoms with Crippen molar-refractivity contribution in [3.05, 3.63) is 88.2 Å². The minimum Gasteiger partial charge on any atom is -0.495 e. The normalized spacial score (nSPS) is 33.2. The van der Waals surface area contributed by atoms with Gasteiger partial charge in [0.15, 0.2) is 11.2 Å². The zero-order valence-electron chi connectivity index (χ0n) is 20.5. The lowest BCUT2D eigenvalue weighted by Crippen LogP contribution is -2.66. The Kier molecular flexibility index (Phi) is 5.27. The van der Waals surface area contributed by atoms with Gasteiger partial charge in [-0.15, -0.1) is 0 Å². The van der Waals surface area contributed by atoms with Crippen LogP contribution in [0.3, 0.4) is 0 Å². The number of rotatable bonds is 5. The minimum absolute atomic E-state index is 0.250. The Morgan fingerprint density at radius 3 is 2.46 bits per heavy atom. The van der Waals surface area contributed by atoms with Crippen molar-refractivity contribution >= 4 is 15.9 Å². The van der Waals surface area contributed by atoms with E-state index >= 15 is 0 Å². The van der Waals surface area contributed by atoms with Crippen molar-refractivity contribution < 1.29 is 24.4 Å². The fourth-order valence-corrected chi connectivity index (χ4v) is 7.60. The van der Waals surface area contributed by atoms with Gasteiger partial charge in [-0.1, -0.05) is 58.4 Å². The molecule has 4 aliphatic rings. The van der Waals surface area contributed by atoms with Crippen LogP contribution in [0.25, 0.3) is 0 Å². The van der Waals surface area contributed by atoms with Gasteiger partial charge in [-0.3, -0.25) is 4.98 Å². The van der Waals surface area contributed by atoms with Crippen molar-refractivity contribution in [3.8, 4) is 11.5 Å². The highest BCUT2D eigenvalue weighted by Crippen LogP contribution is 2.69. The maximum atomic E-state index is 12.9. The van der Waals surface area contributed by atoms with Crippen LogP contribution < -0.4 is 9.47 Å². The van der Waals surface area contributed by atoms with Crippen LogP contribution >= 0.6 is 15.9 Å². The number of hydrogen-bond acceptors (Lipinski definition) is 7. The molecular weight excluding hydrogens is 536 g/mol. The minimum atomic E-state index is -1.77. The van der Waals surface area contributed by atoms with Gasteiger partial charge in [0.25, 0.3) is 0 Å². The first-order valence-electron chi connectivity index (χ1n) is 12.6. The first-order chi connectivity index (χ1) is 17.9. The van der Waals surface area contributed by atoms with Crippen molar-refractivity contribution in [2.24, 2.45) is 11.3 Å². The van der Waals surface area contributed by atoms with Crippen molar-refractivity contribution in [2.75, 3.05) is 40.0 Å². The molecule has 3 fully saturated rings. The SMILES string of the molecule is COc1cncc2c1[C@]1(O)[C@H](O)[C@H](CN3CC4(COC4)C3)[C@@H](c3ccccc3)[C@]1(c1ccc(Br)cc1)O2. The average molecular weight is 565 g/mol. The maximum Gasteiger partial charge on any atom is 0.177 e. The van der Waals surface area contributed by atoms with Gasteiger partial charge >= 0.3 is 0 Å². The van der Waals surface area contributed by atoms with E-state index in [1.165, 1.54) is 0 Å². The molecule has 0 unspecified atom stereocenters. The Morgan fingerprint density at radius 2 is 1.81 bits per heavy atom. The Morgan fingerprint density at radius 1 is 1.08 bits per heavy atom.